The summed E-state index contributed by atoms with van der Waals surface area (Å²) in [5, 5.41) is 1.85. The molecule has 0 aliphatic carbocycles. The van der Waals surface area contributed by atoms with Crippen molar-refractivity contribution in [2.75, 3.05) is 172 Å². The number of nitrogens with zero attached hydrogens (tertiary/aromatic N) is 21. The monoisotopic (exact) mass is 2100 g/mol. The molecule has 0 bridgehead atoms. The fourth-order valence-corrected chi connectivity index (χ4v) is 21.8. The van der Waals surface area contributed by atoms with E-state index in [0.29, 0.717) is 87.0 Å². The van der Waals surface area contributed by atoms with Crippen molar-refractivity contribution in [3.05, 3.63) is 245 Å². The van der Waals surface area contributed by atoms with Crippen LogP contribution < -0.4 is 60.3 Å². The Morgan fingerprint density at radius 1 is 0.393 bits per heavy atom. The standard InChI is InChI=1S/3C37H41ClFN7O4/c3*1-9-28(47)44-19-26-36(48)43(16-15-42(6)7)34-33(45(26)18-22(44)5)23-17-24(38)31(29-25(39)11-10-12-27(29)50-8)41-35(23)46(37(34)49)32-21(4)13-14-40-30(32)20(2)3/h3*9-14,17,20,22,26H,1,15-16,18-19H2,2-8H3/t3*22-,26-/m111/s1. The number of carbonyl (C=O) groups excluding carboxylic acids is 6. The molecule has 33 nitrogen and oxygen atoms in total. The number of hydrogen-bond acceptors (Lipinski definition) is 24. The number of halogens is 6. The van der Waals surface area contributed by atoms with E-state index in [2.05, 4.69) is 34.7 Å². The number of carbonyl (C=O) groups is 6. The van der Waals surface area contributed by atoms with Crippen LogP contribution in [0.25, 0.3) is 83.9 Å². The number of fused-ring (bicyclic) bond motifs is 15. The third kappa shape index (κ3) is 19.3. The Morgan fingerprint density at radius 2 is 0.640 bits per heavy atom. The molecule has 3 aromatic carbocycles. The molecule has 150 heavy (non-hydrogen) atoms. The number of rotatable bonds is 24. The molecule has 0 spiro atoms. The number of piperazine rings is 3. The van der Waals surface area contributed by atoms with Gasteiger partial charge in [-0.2, -0.15) is 0 Å². The molecule has 3 saturated heterocycles. The Balaban J connectivity index is 0.000000160. The molecular weight excluding hydrogens is 1980 g/mol. The molecule has 6 atom stereocenters. The normalized spacial score (nSPS) is 17.4. The zero-order chi connectivity index (χ0) is 109. The highest BCUT2D eigenvalue weighted by Gasteiger charge is 2.52. The van der Waals surface area contributed by atoms with E-state index < -0.39 is 52.3 Å². The average molecular weight is 2110 g/mol. The fourth-order valence-electron chi connectivity index (χ4n) is 21.1. The van der Waals surface area contributed by atoms with Crippen molar-refractivity contribution in [2.24, 2.45) is 0 Å². The Bertz CT molecular complexity index is 7000. The van der Waals surface area contributed by atoms with E-state index in [9.17, 15) is 28.8 Å². The van der Waals surface area contributed by atoms with Gasteiger partial charge in [0.15, 0.2) is 16.9 Å². The summed E-state index contributed by atoms with van der Waals surface area (Å²) in [5.41, 5.74) is 7.49. The summed E-state index contributed by atoms with van der Waals surface area (Å²) in [6.45, 7) is 37.3. The van der Waals surface area contributed by atoms with Gasteiger partial charge >= 0.3 is 0 Å². The smallest absolute Gasteiger partial charge is 0.283 e. The molecule has 6 amide bonds. The van der Waals surface area contributed by atoms with E-state index in [1.54, 1.807) is 69.7 Å². The minimum atomic E-state index is -0.792. The molecule has 39 heteroatoms. The largest absolute Gasteiger partial charge is 0.496 e. The van der Waals surface area contributed by atoms with Crippen molar-refractivity contribution in [1.29, 1.82) is 0 Å². The van der Waals surface area contributed by atoms with Gasteiger partial charge in [-0.3, -0.25) is 71.8 Å². The van der Waals surface area contributed by atoms with Gasteiger partial charge in [0.25, 0.3) is 34.4 Å². The Labute approximate surface area is 882 Å². The van der Waals surface area contributed by atoms with E-state index in [1.165, 1.54) is 104 Å². The number of aryl methyl sites for hydroxylation is 3. The minimum Gasteiger partial charge on any atom is -0.496 e. The van der Waals surface area contributed by atoms with E-state index in [0.717, 1.165) is 16.7 Å². The summed E-state index contributed by atoms with van der Waals surface area (Å²) >= 11 is 21.1. The molecule has 0 radical (unpaired) electrons. The van der Waals surface area contributed by atoms with Crippen molar-refractivity contribution in [1.82, 2.24) is 73.0 Å². The number of likely N-dealkylation sites (N-methyl/N-ethyl adjacent to an activating group) is 3. The third-order valence-corrected chi connectivity index (χ3v) is 29.3. The number of methoxy groups -OCH3 is 3. The number of ether oxygens (including phenoxy) is 3. The van der Waals surface area contributed by atoms with Crippen LogP contribution in [-0.4, -0.2) is 287 Å². The van der Waals surface area contributed by atoms with Crippen LogP contribution in [0.1, 0.15) is 114 Å². The van der Waals surface area contributed by atoms with Crippen molar-refractivity contribution >= 4 is 137 Å². The zero-order valence-electron chi connectivity index (χ0n) is 88.0. The summed E-state index contributed by atoms with van der Waals surface area (Å²) in [6.07, 6.45) is 8.83. The van der Waals surface area contributed by atoms with Gasteiger partial charge in [0.05, 0.1) is 141 Å². The lowest BCUT2D eigenvalue weighted by atomic mass is 9.97. The number of pyridine rings is 9. The van der Waals surface area contributed by atoms with Gasteiger partial charge in [0, 0.05) is 112 Å². The summed E-state index contributed by atoms with van der Waals surface area (Å²) in [7, 11) is 15.7. The third-order valence-electron chi connectivity index (χ3n) is 28.5. The first kappa shape index (κ1) is 108. The average Bonchev–Trinajstić information content (AvgIpc) is 0.707. The number of aromatic nitrogens is 9. The molecule has 786 valence electrons. The van der Waals surface area contributed by atoms with Crippen molar-refractivity contribution < 1.29 is 56.1 Å². The minimum absolute atomic E-state index is 0.0523. The summed E-state index contributed by atoms with van der Waals surface area (Å²) in [4.78, 5) is 178. The summed E-state index contributed by atoms with van der Waals surface area (Å²) < 4.78 is 67.9. The molecule has 9 aromatic heterocycles. The van der Waals surface area contributed by atoms with Crippen molar-refractivity contribution in [2.45, 2.75) is 137 Å². The SMILES string of the molecule is C=CC(=O)N1C[C@@H]2C(=O)N(CCN(C)C)c3c(c4cc(Cl)c(-c5c(F)cccc5OC)nc4n(-c4c(C)ccnc4C(C)C)c3=O)N2C[C@H]1C.C=CC(=O)N1C[C@@H]2C(=O)N(CCN(C)C)c3c(c4cc(Cl)c(-c5c(F)cccc5OC)nc4n(-c4c(C)ccnc4C(C)C)c3=O)N2C[C@H]1C.C=CC(=O)N1C[C@@H]2C(=O)N(CCN(C)C)c3c(c4cc(Cl)c(-c5c(F)cccc5OC)nc4n(-c4c(C)ccnc4C(C)C)c3=O)N2C[C@H]1C. The van der Waals surface area contributed by atoms with Crippen LogP contribution >= 0.6 is 34.8 Å². The first-order valence-corrected chi connectivity index (χ1v) is 50.8. The molecule has 3 fully saturated rings. The fraction of sp³-hybridized carbons (Fsp3) is 0.378. The van der Waals surface area contributed by atoms with Gasteiger partial charge < -0.3 is 73.0 Å². The molecule has 0 N–H and O–H groups in total. The number of hydrogen-bond donors (Lipinski definition) is 0. The van der Waals surface area contributed by atoms with Crippen LogP contribution in [0, 0.1) is 38.2 Å². The van der Waals surface area contributed by atoms with Crippen LogP contribution in [0.15, 0.2) is 162 Å². The number of benzene rings is 3. The van der Waals surface area contributed by atoms with Crippen LogP contribution in [0.4, 0.5) is 47.3 Å². The lowest BCUT2D eigenvalue weighted by molar-refractivity contribution is -0.132. The number of amides is 6. The lowest BCUT2D eigenvalue weighted by Gasteiger charge is -2.50. The van der Waals surface area contributed by atoms with E-state index in [4.69, 9.17) is 64.0 Å². The second kappa shape index (κ2) is 43.6. The summed E-state index contributed by atoms with van der Waals surface area (Å²) in [5.74, 6) is -3.11. The zero-order valence-corrected chi connectivity index (χ0v) is 90.3. The predicted octanol–water partition coefficient (Wildman–Crippen LogP) is 15.5. The molecule has 0 unspecified atom stereocenters. The van der Waals surface area contributed by atoms with Gasteiger partial charge in [0.2, 0.25) is 17.7 Å². The lowest BCUT2D eigenvalue weighted by Crippen LogP contribution is -2.67. The predicted molar refractivity (Wildman–Crippen MR) is 583 cm³/mol. The first-order chi connectivity index (χ1) is 71.4. The highest BCUT2D eigenvalue weighted by atomic mass is 35.5. The van der Waals surface area contributed by atoms with Gasteiger partial charge in [-0.1, -0.05) is 114 Å². The quantitative estimate of drug-likeness (QED) is 0.0507. The Morgan fingerprint density at radius 3 is 0.860 bits per heavy atom. The van der Waals surface area contributed by atoms with Crippen LogP contribution in [0.3, 0.4) is 0 Å². The van der Waals surface area contributed by atoms with E-state index >= 15 is 27.6 Å². The van der Waals surface area contributed by atoms with Gasteiger partial charge in [-0.25, -0.2) is 28.1 Å². The second-order valence-corrected chi connectivity index (χ2v) is 41.3. The molecule has 18 rings (SSSR count). The molecular formula is C111H123Cl3F3N21O12. The molecule has 0 saturated carbocycles. The number of anilines is 6. The molecule has 6 aliphatic heterocycles. The van der Waals surface area contributed by atoms with Crippen LogP contribution in [-0.2, 0) is 28.8 Å². The maximum Gasteiger partial charge on any atom is 0.283 e. The summed E-state index contributed by atoms with van der Waals surface area (Å²) in [6, 6.07) is 20.5. The maximum atomic E-state index is 15.6. The molecule has 15 heterocycles. The van der Waals surface area contributed by atoms with E-state index in [-0.39, 0.29) is 230 Å². The Kier molecular flexibility index (Phi) is 31.5. The second-order valence-electron chi connectivity index (χ2n) is 40.1. The highest BCUT2D eigenvalue weighted by molar-refractivity contribution is 6.35. The maximum absolute atomic E-state index is 15.6. The van der Waals surface area contributed by atoms with Crippen LogP contribution in [0.5, 0.6) is 17.2 Å². The Hall–Kier alpha value is -14.4. The molecule has 12 aromatic rings. The van der Waals surface area contributed by atoms with Gasteiger partial charge in [-0.15, -0.1) is 0 Å². The van der Waals surface area contributed by atoms with Gasteiger partial charge in [-0.05, 0) is 209 Å². The van der Waals surface area contributed by atoms with Crippen molar-refractivity contribution in [3.63, 3.8) is 0 Å². The van der Waals surface area contributed by atoms with Crippen molar-refractivity contribution in [3.8, 4) is 68.1 Å². The van der Waals surface area contributed by atoms with Gasteiger partial charge in [0.1, 0.15) is 69.9 Å². The topological polar surface area (TPSA) is 312 Å². The first-order valence-electron chi connectivity index (χ1n) is 49.6. The van der Waals surface area contributed by atoms with Crippen LogP contribution in [0.2, 0.25) is 15.1 Å². The highest BCUT2D eigenvalue weighted by Crippen LogP contribution is 2.52. The molecule has 6 aliphatic rings. The van der Waals surface area contributed by atoms with E-state index in [1.807, 2.05) is 173 Å².